The van der Waals surface area contributed by atoms with Crippen molar-refractivity contribution in [1.29, 1.82) is 0 Å². The van der Waals surface area contributed by atoms with Crippen molar-refractivity contribution in [2.75, 3.05) is 14.7 Å². The average Bonchev–Trinajstić information content (AvgIpc) is 1.54. The van der Waals surface area contributed by atoms with Gasteiger partial charge < -0.3 is 14.7 Å². The molecule has 0 N–H and O–H groups in total. The number of nitrogens with zero attached hydrogens (tertiary/aromatic N) is 3. The fourth-order valence-corrected chi connectivity index (χ4v) is 23.5. The molecule has 0 atom stereocenters. The number of benzene rings is 13. The monoisotopic (exact) mass is 1100 g/mol. The highest BCUT2D eigenvalue weighted by molar-refractivity contribution is 7.20. The van der Waals surface area contributed by atoms with Gasteiger partial charge in [-0.3, -0.25) is 0 Å². The van der Waals surface area contributed by atoms with Gasteiger partial charge in [-0.1, -0.05) is 273 Å². The van der Waals surface area contributed by atoms with Crippen LogP contribution in [0.4, 0.5) is 51.2 Å². The van der Waals surface area contributed by atoms with Gasteiger partial charge in [0.1, 0.15) is 0 Å². The number of rotatable bonds is 13. The van der Waals surface area contributed by atoms with E-state index in [1.54, 1.807) is 0 Å². The van der Waals surface area contributed by atoms with Crippen LogP contribution in [-0.2, 0) is 0 Å². The van der Waals surface area contributed by atoms with E-state index in [1.165, 1.54) is 74.9 Å². The third-order valence-corrected chi connectivity index (χ3v) is 27.1. The number of hydrogen-bond donors (Lipinski definition) is 0. The molecule has 6 heteroatoms. The summed E-state index contributed by atoms with van der Waals surface area (Å²) < 4.78 is 0. The van der Waals surface area contributed by atoms with Crippen molar-refractivity contribution in [3.8, 4) is 0 Å². The summed E-state index contributed by atoms with van der Waals surface area (Å²) in [5, 5.41) is 10.7. The van der Waals surface area contributed by atoms with Gasteiger partial charge in [0.25, 0.3) is 6.71 Å². The van der Waals surface area contributed by atoms with Crippen LogP contribution in [-0.4, -0.2) is 22.9 Å². The lowest BCUT2D eigenvalue weighted by Gasteiger charge is -2.44. The molecule has 13 aromatic rings. The van der Waals surface area contributed by atoms with Crippen molar-refractivity contribution >= 4 is 132 Å². The van der Waals surface area contributed by atoms with Crippen LogP contribution in [0.25, 0.3) is 0 Å². The van der Waals surface area contributed by atoms with E-state index in [0.717, 1.165) is 34.1 Å². The molecule has 0 bridgehead atoms. The molecule has 84 heavy (non-hydrogen) atoms. The van der Waals surface area contributed by atoms with Crippen molar-refractivity contribution in [3.63, 3.8) is 0 Å². The normalized spacial score (nSPS) is 12.5. The van der Waals surface area contributed by atoms with E-state index in [1.807, 2.05) is 0 Å². The second-order valence-corrected chi connectivity index (χ2v) is 29.5. The van der Waals surface area contributed by atoms with Crippen LogP contribution < -0.4 is 72.6 Å². The predicted molar refractivity (Wildman–Crippen MR) is 362 cm³/mol. The van der Waals surface area contributed by atoms with E-state index >= 15 is 0 Å². The lowest BCUT2D eigenvalue weighted by molar-refractivity contribution is 1.24. The molecule has 2 aliphatic heterocycles. The molecule has 0 saturated heterocycles. The first-order valence-corrected chi connectivity index (χ1v) is 33.1. The summed E-state index contributed by atoms with van der Waals surface area (Å²) in [5.74, 6) is 0. The van der Waals surface area contributed by atoms with Gasteiger partial charge in [0, 0.05) is 51.2 Å². The van der Waals surface area contributed by atoms with Crippen molar-refractivity contribution in [2.45, 2.75) is 0 Å². The first kappa shape index (κ1) is 50.7. The molecule has 0 amide bonds. The standard InChI is InChI=1S/C78H58BN3Si2/c1-9-28-59(29-10-1)81-74-45-26-25-44-72(74)79-73-57-52-63(58-77(73)82(60-30-11-2-12-31-60)76-47-27-46-75(81)78(76)79)80(61-48-53-70(54-49-61)83(64-32-13-3-14-33-64,65-34-15-4-16-35-65)66-36-17-5-18-37-66)62-50-55-71(56-51-62)84(67-38-19-6-20-39-67,68-40-21-7-22-41-68)69-42-23-8-24-43-69/h1-58H. The zero-order valence-corrected chi connectivity index (χ0v) is 48.4. The molecule has 396 valence electrons. The highest BCUT2D eigenvalue weighted by atomic mass is 28.3. The average molecular weight is 1100 g/mol. The maximum absolute atomic E-state index is 2.83. The molecular formula is C78H58BN3Si2. The molecule has 0 fully saturated rings. The number of fused-ring (bicyclic) bond motifs is 4. The molecule has 15 rings (SSSR count). The van der Waals surface area contributed by atoms with Gasteiger partial charge in [0.2, 0.25) is 0 Å². The molecule has 0 aliphatic carbocycles. The van der Waals surface area contributed by atoms with Crippen LogP contribution in [0.5, 0.6) is 0 Å². The quantitative estimate of drug-likeness (QED) is 0.0841. The highest BCUT2D eigenvalue weighted by Crippen LogP contribution is 2.45. The summed E-state index contributed by atoms with van der Waals surface area (Å²) in [4.78, 5) is 7.45. The van der Waals surface area contributed by atoms with Gasteiger partial charge in [0.05, 0.1) is 0 Å². The maximum Gasteiger partial charge on any atom is 0.252 e. The molecule has 0 unspecified atom stereocenters. The SMILES string of the molecule is c1ccc(N2c3ccccc3B3c4ccc(N(c5ccc([Si](c6ccccc6)(c6ccccc6)c6ccccc6)cc5)c5ccc([Si](c6ccccc6)(c6ccccc6)c6ccccc6)cc5)cc4N(c4ccccc4)c4cccc2c43)cc1. The maximum atomic E-state index is 2.51. The summed E-state index contributed by atoms with van der Waals surface area (Å²) in [7, 11) is -5.66. The lowest BCUT2D eigenvalue weighted by Crippen LogP contribution is -2.74. The second-order valence-electron chi connectivity index (χ2n) is 21.9. The third kappa shape index (κ3) is 8.32. The smallest absolute Gasteiger partial charge is 0.252 e. The molecule has 0 saturated carbocycles. The zero-order chi connectivity index (χ0) is 55.9. The Morgan fingerprint density at radius 3 is 0.893 bits per heavy atom. The minimum absolute atomic E-state index is 0.0116. The molecule has 3 nitrogen and oxygen atoms in total. The number of hydrogen-bond acceptors (Lipinski definition) is 3. The van der Waals surface area contributed by atoms with Crippen molar-refractivity contribution in [3.05, 3.63) is 352 Å². The van der Waals surface area contributed by atoms with E-state index in [0.29, 0.717) is 0 Å². The van der Waals surface area contributed by atoms with Gasteiger partial charge in [-0.05, 0) is 137 Å². The van der Waals surface area contributed by atoms with Gasteiger partial charge in [-0.15, -0.1) is 0 Å². The highest BCUT2D eigenvalue weighted by Gasteiger charge is 2.45. The Morgan fingerprint density at radius 2 is 0.512 bits per heavy atom. The molecule has 2 heterocycles. The summed E-state index contributed by atoms with van der Waals surface area (Å²) in [6.07, 6.45) is 0. The minimum atomic E-state index is -2.83. The Balaban J connectivity index is 0.955. The van der Waals surface area contributed by atoms with Crippen LogP contribution in [0.2, 0.25) is 0 Å². The molecule has 0 aromatic heterocycles. The van der Waals surface area contributed by atoms with E-state index in [2.05, 4.69) is 367 Å². The van der Waals surface area contributed by atoms with Crippen LogP contribution in [0.15, 0.2) is 352 Å². The Kier molecular flexibility index (Phi) is 13.0. The van der Waals surface area contributed by atoms with E-state index < -0.39 is 16.1 Å². The summed E-state index contributed by atoms with van der Waals surface area (Å²) in [6, 6.07) is 131. The second kappa shape index (κ2) is 21.6. The Hall–Kier alpha value is -10.2. The fraction of sp³-hybridized carbons (Fsp3) is 0. The Morgan fingerprint density at radius 1 is 0.226 bits per heavy atom. The summed E-state index contributed by atoms with van der Waals surface area (Å²) >= 11 is 0. The minimum Gasteiger partial charge on any atom is -0.311 e. The molecule has 0 radical (unpaired) electrons. The Labute approximate surface area is 495 Å². The summed E-state index contributed by atoms with van der Waals surface area (Å²) in [5.41, 5.74) is 14.1. The predicted octanol–water partition coefficient (Wildman–Crippen LogP) is 12.0. The van der Waals surface area contributed by atoms with Gasteiger partial charge in [0.15, 0.2) is 16.1 Å². The summed E-state index contributed by atoms with van der Waals surface area (Å²) in [6.45, 7) is -0.0116. The third-order valence-electron chi connectivity index (χ3n) is 17.5. The van der Waals surface area contributed by atoms with E-state index in [4.69, 9.17) is 0 Å². The molecule has 0 spiro atoms. The topological polar surface area (TPSA) is 9.72 Å². The molecular weight excluding hydrogens is 1050 g/mol. The van der Waals surface area contributed by atoms with Crippen LogP contribution in [0.3, 0.4) is 0 Å². The Bertz CT molecular complexity index is 4050. The van der Waals surface area contributed by atoms with Crippen molar-refractivity contribution < 1.29 is 0 Å². The van der Waals surface area contributed by atoms with Crippen LogP contribution in [0.1, 0.15) is 0 Å². The van der Waals surface area contributed by atoms with Gasteiger partial charge in [-0.25, -0.2) is 0 Å². The lowest BCUT2D eigenvalue weighted by atomic mass is 9.33. The molecule has 2 aliphatic rings. The number of anilines is 9. The fourth-order valence-electron chi connectivity index (χ4n) is 14.0. The van der Waals surface area contributed by atoms with Crippen molar-refractivity contribution in [2.24, 2.45) is 0 Å². The largest absolute Gasteiger partial charge is 0.311 e. The van der Waals surface area contributed by atoms with Gasteiger partial charge in [-0.2, -0.15) is 0 Å². The van der Waals surface area contributed by atoms with E-state index in [9.17, 15) is 0 Å². The first-order chi connectivity index (χ1) is 41.7. The molecule has 13 aromatic carbocycles. The van der Waals surface area contributed by atoms with Gasteiger partial charge >= 0.3 is 0 Å². The van der Waals surface area contributed by atoms with Crippen LogP contribution >= 0.6 is 0 Å². The first-order valence-electron chi connectivity index (χ1n) is 29.1. The number of para-hydroxylation sites is 3. The van der Waals surface area contributed by atoms with Crippen LogP contribution in [0, 0.1) is 0 Å². The zero-order valence-electron chi connectivity index (χ0n) is 46.4. The van der Waals surface area contributed by atoms with Crippen molar-refractivity contribution in [1.82, 2.24) is 0 Å². The van der Waals surface area contributed by atoms with E-state index in [-0.39, 0.29) is 6.71 Å².